The van der Waals surface area contributed by atoms with Gasteiger partial charge in [-0.25, -0.2) is 0 Å². The second-order valence-electron chi connectivity index (χ2n) is 19.8. The number of anilines is 4. The number of rotatable bonds is 26. The minimum Gasteiger partial charge on any atom is -0.340 e. The van der Waals surface area contributed by atoms with Crippen LogP contribution in [0.4, 0.5) is 22.7 Å². The van der Waals surface area contributed by atoms with E-state index < -0.39 is 0 Å². The first-order valence-corrected chi connectivity index (χ1v) is 29.0. The third-order valence-corrected chi connectivity index (χ3v) is 16.9. The minimum atomic E-state index is 1.06. The summed E-state index contributed by atoms with van der Waals surface area (Å²) in [7, 11) is 0. The molecule has 7 aromatic rings. The fourth-order valence-electron chi connectivity index (χ4n) is 10.8. The molecule has 70 heavy (non-hydrogen) atoms. The lowest BCUT2D eigenvalue weighted by atomic mass is 9.91. The van der Waals surface area contributed by atoms with Crippen molar-refractivity contribution in [1.29, 1.82) is 0 Å². The van der Waals surface area contributed by atoms with Gasteiger partial charge in [0.25, 0.3) is 0 Å². The van der Waals surface area contributed by atoms with Gasteiger partial charge in [0, 0.05) is 32.7 Å². The molecule has 0 aliphatic carbocycles. The van der Waals surface area contributed by atoms with Crippen molar-refractivity contribution in [3.8, 4) is 0 Å². The first-order valence-electron chi connectivity index (χ1n) is 27.4. The molecule has 2 heterocycles. The summed E-state index contributed by atoms with van der Waals surface area (Å²) >= 11 is 3.83. The van der Waals surface area contributed by atoms with Crippen LogP contribution in [0.2, 0.25) is 0 Å². The smallest absolute Gasteiger partial charge is 0.0553 e. The number of fused-ring (bicyclic) bond motifs is 6. The molecule has 7 aromatic carbocycles. The van der Waals surface area contributed by atoms with E-state index in [0.717, 1.165) is 13.1 Å². The molecular formula is C66H76N2S2. The van der Waals surface area contributed by atoms with Crippen LogP contribution in [0.3, 0.4) is 0 Å². The fraction of sp³-hybridized carbons (Fsp3) is 0.364. The van der Waals surface area contributed by atoms with Crippen LogP contribution >= 0.6 is 23.5 Å². The Kier molecular flexibility index (Phi) is 18.4. The highest BCUT2D eigenvalue weighted by Gasteiger charge is 2.25. The zero-order valence-corrected chi connectivity index (χ0v) is 43.9. The number of hydrogen-bond acceptors (Lipinski definition) is 4. The van der Waals surface area contributed by atoms with Gasteiger partial charge < -0.3 is 9.80 Å². The van der Waals surface area contributed by atoms with Crippen molar-refractivity contribution in [1.82, 2.24) is 0 Å². The molecule has 2 aliphatic heterocycles. The third-order valence-electron chi connectivity index (χ3n) is 14.7. The summed E-state index contributed by atoms with van der Waals surface area (Å²) in [5.41, 5.74) is 10.4. The standard InChI is InChI=1S/C66H76N2S2/c1-3-5-7-9-11-13-15-17-19-29-47-67-59-35-25-27-37-63(59)69-65-49-51(41-45-61(65)67)39-43-57-53-31-21-23-33-55(53)58(56-34-24-22-32-54(56)57)44-40-52-42-46-62-66(50-52)70-64-38-28-26-36-60(64)68(62)48-30-20-18-16-14-12-10-8-6-4-2/h21-28,31-46,49-50H,3-20,29-30,47-48H2,1-2H3/b43-39+,44-40+. The normalized spacial score (nSPS) is 13.1. The Morgan fingerprint density at radius 2 is 0.629 bits per heavy atom. The molecule has 4 heteroatoms. The molecule has 0 spiro atoms. The van der Waals surface area contributed by atoms with Crippen LogP contribution in [-0.4, -0.2) is 13.1 Å². The zero-order chi connectivity index (χ0) is 47.7. The van der Waals surface area contributed by atoms with E-state index in [-0.39, 0.29) is 0 Å². The summed E-state index contributed by atoms with van der Waals surface area (Å²) in [5, 5.41) is 5.12. The second-order valence-corrected chi connectivity index (χ2v) is 22.0. The Morgan fingerprint density at radius 3 is 1.00 bits per heavy atom. The molecule has 362 valence electrons. The van der Waals surface area contributed by atoms with Gasteiger partial charge in [0.05, 0.1) is 22.7 Å². The van der Waals surface area contributed by atoms with Gasteiger partial charge in [0.1, 0.15) is 0 Å². The number of benzene rings is 7. The lowest BCUT2D eigenvalue weighted by Crippen LogP contribution is -2.22. The van der Waals surface area contributed by atoms with Gasteiger partial charge in [0.2, 0.25) is 0 Å². The van der Waals surface area contributed by atoms with Crippen molar-refractivity contribution in [2.24, 2.45) is 0 Å². The molecule has 0 fully saturated rings. The van der Waals surface area contributed by atoms with Gasteiger partial charge >= 0.3 is 0 Å². The Labute approximate surface area is 430 Å². The predicted molar refractivity (Wildman–Crippen MR) is 311 cm³/mol. The lowest BCUT2D eigenvalue weighted by molar-refractivity contribution is 0.557. The largest absolute Gasteiger partial charge is 0.340 e. The van der Waals surface area contributed by atoms with Gasteiger partial charge in [-0.2, -0.15) is 0 Å². The van der Waals surface area contributed by atoms with Gasteiger partial charge in [-0.15, -0.1) is 0 Å². The van der Waals surface area contributed by atoms with Crippen LogP contribution in [0.5, 0.6) is 0 Å². The van der Waals surface area contributed by atoms with Crippen LogP contribution in [0, 0.1) is 0 Å². The molecule has 0 aromatic heterocycles. The molecule has 0 bridgehead atoms. The summed E-state index contributed by atoms with van der Waals surface area (Å²) in [6.07, 6.45) is 36.5. The molecule has 2 nitrogen and oxygen atoms in total. The Balaban J connectivity index is 0.907. The van der Waals surface area contributed by atoms with E-state index in [9.17, 15) is 0 Å². The molecule has 2 aliphatic rings. The molecule has 0 saturated carbocycles. The predicted octanol–water partition coefficient (Wildman–Crippen LogP) is 21.4. The second kappa shape index (κ2) is 25.8. The topological polar surface area (TPSA) is 6.48 Å². The van der Waals surface area contributed by atoms with Crippen molar-refractivity contribution in [2.75, 3.05) is 22.9 Å². The van der Waals surface area contributed by atoms with E-state index in [4.69, 9.17) is 0 Å². The molecular weight excluding hydrogens is 885 g/mol. The Hall–Kier alpha value is -5.16. The summed E-state index contributed by atoms with van der Waals surface area (Å²) in [6.45, 7) is 6.73. The number of unbranched alkanes of at least 4 members (excludes halogenated alkanes) is 18. The van der Waals surface area contributed by atoms with E-state index in [2.05, 4.69) is 181 Å². The van der Waals surface area contributed by atoms with Crippen LogP contribution in [0.15, 0.2) is 153 Å². The van der Waals surface area contributed by atoms with Crippen molar-refractivity contribution in [3.05, 3.63) is 156 Å². The minimum absolute atomic E-state index is 1.06. The number of para-hydroxylation sites is 2. The van der Waals surface area contributed by atoms with E-state index in [0.29, 0.717) is 0 Å². The van der Waals surface area contributed by atoms with E-state index in [1.54, 1.807) is 0 Å². The number of hydrogen-bond donors (Lipinski definition) is 0. The highest BCUT2D eigenvalue weighted by atomic mass is 32.2. The van der Waals surface area contributed by atoms with Crippen molar-refractivity contribution in [2.45, 2.75) is 162 Å². The summed E-state index contributed by atoms with van der Waals surface area (Å²) in [5.74, 6) is 0. The highest BCUT2D eigenvalue weighted by Crippen LogP contribution is 2.50. The molecule has 0 radical (unpaired) electrons. The van der Waals surface area contributed by atoms with Crippen molar-refractivity contribution in [3.63, 3.8) is 0 Å². The fourth-order valence-corrected chi connectivity index (χ4v) is 13.1. The monoisotopic (exact) mass is 961 g/mol. The maximum atomic E-state index is 2.59. The van der Waals surface area contributed by atoms with Crippen molar-refractivity contribution < 1.29 is 0 Å². The first-order chi connectivity index (χ1) is 34.7. The lowest BCUT2D eigenvalue weighted by Gasteiger charge is -2.33. The molecule has 9 rings (SSSR count). The van der Waals surface area contributed by atoms with E-state index in [1.165, 1.54) is 215 Å². The van der Waals surface area contributed by atoms with Crippen LogP contribution < -0.4 is 9.80 Å². The quantitative estimate of drug-likeness (QED) is 0.0303. The molecule has 0 amide bonds. The molecule has 0 unspecified atom stereocenters. The van der Waals surface area contributed by atoms with Crippen LogP contribution in [-0.2, 0) is 0 Å². The van der Waals surface area contributed by atoms with Gasteiger partial charge in [0.15, 0.2) is 0 Å². The highest BCUT2D eigenvalue weighted by molar-refractivity contribution is 8.00. The van der Waals surface area contributed by atoms with Gasteiger partial charge in [-0.1, -0.05) is 262 Å². The summed E-state index contributed by atoms with van der Waals surface area (Å²) in [4.78, 5) is 10.6. The molecule has 0 N–H and O–H groups in total. The van der Waals surface area contributed by atoms with Crippen LogP contribution in [0.1, 0.15) is 165 Å². The Bertz CT molecular complexity index is 2610. The SMILES string of the molecule is CCCCCCCCCCCCN1c2ccccc2Sc2cc(/C=C/c3c4ccccc4c(/C=C/c4ccc5c(c4)Sc4ccccc4N5CCCCCCCCCCCC)c4ccccc34)ccc21. The van der Waals surface area contributed by atoms with Crippen LogP contribution in [0.25, 0.3) is 45.8 Å². The average molecular weight is 961 g/mol. The maximum Gasteiger partial charge on any atom is 0.0553 e. The average Bonchev–Trinajstić information content (AvgIpc) is 3.39. The summed E-state index contributed by atoms with van der Waals surface area (Å²) < 4.78 is 0. The molecule has 0 atom stereocenters. The zero-order valence-electron chi connectivity index (χ0n) is 42.3. The summed E-state index contributed by atoms with van der Waals surface area (Å²) in [6, 6.07) is 50.2. The van der Waals surface area contributed by atoms with Gasteiger partial charge in [-0.3, -0.25) is 0 Å². The van der Waals surface area contributed by atoms with Crippen molar-refractivity contribution >= 4 is 92.1 Å². The number of nitrogens with zero attached hydrogens (tertiary/aromatic N) is 2. The van der Waals surface area contributed by atoms with E-state index in [1.807, 2.05) is 23.5 Å². The first kappa shape index (κ1) is 49.8. The Morgan fingerprint density at radius 1 is 0.314 bits per heavy atom. The van der Waals surface area contributed by atoms with Gasteiger partial charge in [-0.05, 0) is 105 Å². The van der Waals surface area contributed by atoms with E-state index >= 15 is 0 Å². The maximum absolute atomic E-state index is 2.59. The molecule has 0 saturated heterocycles. The third kappa shape index (κ3) is 12.5.